The highest BCUT2D eigenvalue weighted by Gasteiger charge is 2.07. The van der Waals surface area contributed by atoms with Crippen LogP contribution in [0, 0.1) is 0 Å². The van der Waals surface area contributed by atoms with Crippen molar-refractivity contribution in [3.8, 4) is 11.3 Å². The number of nitrogens with one attached hydrogen (secondary N) is 1. The van der Waals surface area contributed by atoms with E-state index < -0.39 is 5.91 Å². The molecular weight excluding hydrogens is 377 g/mol. The summed E-state index contributed by atoms with van der Waals surface area (Å²) in [5.74, 6) is 0.778. The number of furan rings is 1. The van der Waals surface area contributed by atoms with E-state index in [0.29, 0.717) is 28.1 Å². The molecule has 2 aromatic heterocycles. The summed E-state index contributed by atoms with van der Waals surface area (Å²) in [4.78, 5) is 13.2. The Morgan fingerprint density at radius 1 is 1.27 bits per heavy atom. The van der Waals surface area contributed by atoms with Gasteiger partial charge in [-0.1, -0.05) is 34.4 Å². The van der Waals surface area contributed by atoms with Crippen LogP contribution in [0.2, 0.25) is 10.0 Å². The van der Waals surface area contributed by atoms with Crippen LogP contribution in [0.25, 0.3) is 17.4 Å². The standard InChI is InChI=1S/C17H13Cl2N5O2/c1-2-7-24-22-17(21-23-24)20-16(25)6-4-14-3-5-15(26-14)11-8-12(18)10-13(19)9-11/h2-6,8-10H,1,7H2,(H,20,22,25)/b6-4+. The summed E-state index contributed by atoms with van der Waals surface area (Å²) in [5, 5.41) is 15.0. The van der Waals surface area contributed by atoms with E-state index in [1.54, 1.807) is 36.4 Å². The van der Waals surface area contributed by atoms with Crippen LogP contribution in [0.1, 0.15) is 5.76 Å². The number of rotatable bonds is 6. The van der Waals surface area contributed by atoms with Crippen LogP contribution < -0.4 is 5.32 Å². The maximum absolute atomic E-state index is 11.9. The van der Waals surface area contributed by atoms with E-state index in [4.69, 9.17) is 27.6 Å². The van der Waals surface area contributed by atoms with Gasteiger partial charge in [-0.3, -0.25) is 10.1 Å². The molecule has 1 amide bonds. The summed E-state index contributed by atoms with van der Waals surface area (Å²) in [6.07, 6.45) is 4.45. The van der Waals surface area contributed by atoms with Gasteiger partial charge in [0.15, 0.2) is 0 Å². The smallest absolute Gasteiger partial charge is 0.270 e. The van der Waals surface area contributed by atoms with Crippen LogP contribution >= 0.6 is 23.2 Å². The van der Waals surface area contributed by atoms with E-state index in [-0.39, 0.29) is 5.95 Å². The first-order valence-electron chi connectivity index (χ1n) is 7.47. The predicted octanol–water partition coefficient (Wildman–Crippen LogP) is 4.08. The average Bonchev–Trinajstić information content (AvgIpc) is 3.22. The van der Waals surface area contributed by atoms with Crippen LogP contribution in [0.4, 0.5) is 5.95 Å². The summed E-state index contributed by atoms with van der Waals surface area (Å²) in [6.45, 7) is 3.97. The molecule has 0 radical (unpaired) electrons. The van der Waals surface area contributed by atoms with Crippen molar-refractivity contribution in [1.82, 2.24) is 20.2 Å². The van der Waals surface area contributed by atoms with Gasteiger partial charge in [-0.25, -0.2) is 0 Å². The third-order valence-corrected chi connectivity index (χ3v) is 3.59. The fourth-order valence-electron chi connectivity index (χ4n) is 2.09. The van der Waals surface area contributed by atoms with Gasteiger partial charge >= 0.3 is 0 Å². The molecule has 0 atom stereocenters. The highest BCUT2D eigenvalue weighted by Crippen LogP contribution is 2.28. The van der Waals surface area contributed by atoms with Crippen LogP contribution in [0.5, 0.6) is 0 Å². The molecule has 3 rings (SSSR count). The Morgan fingerprint density at radius 3 is 2.77 bits per heavy atom. The molecule has 26 heavy (non-hydrogen) atoms. The zero-order valence-electron chi connectivity index (χ0n) is 13.4. The molecular formula is C17H13Cl2N5O2. The molecule has 0 spiro atoms. The Morgan fingerprint density at radius 2 is 2.04 bits per heavy atom. The van der Waals surface area contributed by atoms with Crippen molar-refractivity contribution < 1.29 is 9.21 Å². The average molecular weight is 390 g/mol. The van der Waals surface area contributed by atoms with E-state index in [9.17, 15) is 4.79 Å². The maximum Gasteiger partial charge on any atom is 0.270 e. The van der Waals surface area contributed by atoms with Crippen molar-refractivity contribution in [3.05, 3.63) is 64.9 Å². The fraction of sp³-hybridized carbons (Fsp3) is 0.0588. The van der Waals surface area contributed by atoms with Gasteiger partial charge in [0.1, 0.15) is 11.5 Å². The number of hydrogen-bond donors (Lipinski definition) is 1. The van der Waals surface area contributed by atoms with E-state index in [0.717, 1.165) is 5.56 Å². The van der Waals surface area contributed by atoms with Crippen molar-refractivity contribution in [2.24, 2.45) is 0 Å². The lowest BCUT2D eigenvalue weighted by molar-refractivity contribution is -0.111. The molecule has 0 aliphatic carbocycles. The third-order valence-electron chi connectivity index (χ3n) is 3.15. The minimum Gasteiger partial charge on any atom is -0.457 e. The molecule has 0 unspecified atom stereocenters. The number of halogens is 2. The Kier molecular flexibility index (Phi) is 5.50. The Hall–Kier alpha value is -2.90. The molecule has 0 saturated heterocycles. The molecule has 3 aromatic rings. The monoisotopic (exact) mass is 389 g/mol. The summed E-state index contributed by atoms with van der Waals surface area (Å²) in [6, 6.07) is 8.62. The van der Waals surface area contributed by atoms with E-state index in [2.05, 4.69) is 27.3 Å². The van der Waals surface area contributed by atoms with E-state index in [1.807, 2.05) is 0 Å². The fourth-order valence-corrected chi connectivity index (χ4v) is 2.62. The topological polar surface area (TPSA) is 85.8 Å². The third kappa shape index (κ3) is 4.59. The van der Waals surface area contributed by atoms with Gasteiger partial charge in [0.05, 0.1) is 6.54 Å². The molecule has 132 valence electrons. The summed E-state index contributed by atoms with van der Waals surface area (Å²) < 4.78 is 5.67. The van der Waals surface area contributed by atoms with Crippen molar-refractivity contribution >= 4 is 41.1 Å². The summed E-state index contributed by atoms with van der Waals surface area (Å²) in [7, 11) is 0. The van der Waals surface area contributed by atoms with Gasteiger partial charge in [0.25, 0.3) is 11.9 Å². The number of benzene rings is 1. The number of carbonyl (C=O) groups excluding carboxylic acids is 1. The lowest BCUT2D eigenvalue weighted by Gasteiger charge is -1.99. The molecule has 0 saturated carbocycles. The highest BCUT2D eigenvalue weighted by atomic mass is 35.5. The predicted molar refractivity (Wildman–Crippen MR) is 99.8 cm³/mol. The molecule has 1 N–H and O–H groups in total. The normalized spacial score (nSPS) is 11.0. The van der Waals surface area contributed by atoms with E-state index in [1.165, 1.54) is 16.9 Å². The van der Waals surface area contributed by atoms with Gasteiger partial charge in [-0.2, -0.15) is 4.80 Å². The summed E-state index contributed by atoms with van der Waals surface area (Å²) in [5.41, 5.74) is 0.745. The zero-order valence-corrected chi connectivity index (χ0v) is 14.9. The number of tetrazole rings is 1. The van der Waals surface area contributed by atoms with Crippen molar-refractivity contribution in [3.63, 3.8) is 0 Å². The van der Waals surface area contributed by atoms with E-state index >= 15 is 0 Å². The molecule has 0 fully saturated rings. The molecule has 2 heterocycles. The van der Waals surface area contributed by atoms with Crippen LogP contribution in [-0.2, 0) is 11.3 Å². The van der Waals surface area contributed by atoms with Crippen molar-refractivity contribution in [2.75, 3.05) is 5.32 Å². The maximum atomic E-state index is 11.9. The number of anilines is 1. The van der Waals surface area contributed by atoms with Gasteiger partial charge in [0.2, 0.25) is 0 Å². The van der Waals surface area contributed by atoms with Crippen LogP contribution in [-0.4, -0.2) is 26.1 Å². The number of amides is 1. The largest absolute Gasteiger partial charge is 0.457 e. The molecule has 9 heteroatoms. The number of allylic oxidation sites excluding steroid dienone is 1. The minimum absolute atomic E-state index is 0.107. The summed E-state index contributed by atoms with van der Waals surface area (Å²) >= 11 is 12.0. The molecule has 0 bridgehead atoms. The Labute approximate surface area is 158 Å². The van der Waals surface area contributed by atoms with Crippen molar-refractivity contribution in [2.45, 2.75) is 6.54 Å². The van der Waals surface area contributed by atoms with Gasteiger partial charge in [-0.15, -0.1) is 11.7 Å². The Bertz CT molecular complexity index is 957. The highest BCUT2D eigenvalue weighted by molar-refractivity contribution is 6.35. The SMILES string of the molecule is C=CCn1nnc(NC(=O)/C=C/c2ccc(-c3cc(Cl)cc(Cl)c3)o2)n1. The lowest BCUT2D eigenvalue weighted by atomic mass is 10.2. The second-order valence-electron chi connectivity index (χ2n) is 5.14. The second-order valence-corrected chi connectivity index (χ2v) is 6.01. The second kappa shape index (κ2) is 7.99. The quantitative estimate of drug-likeness (QED) is 0.506. The lowest BCUT2D eigenvalue weighted by Crippen LogP contribution is -2.09. The zero-order chi connectivity index (χ0) is 18.5. The Balaban J connectivity index is 1.65. The first kappa shape index (κ1) is 17.9. The van der Waals surface area contributed by atoms with Crippen LogP contribution in [0.15, 0.2) is 53.5 Å². The number of nitrogens with zero attached hydrogens (tertiary/aromatic N) is 4. The van der Waals surface area contributed by atoms with Gasteiger partial charge < -0.3 is 4.42 Å². The first-order chi connectivity index (χ1) is 12.5. The van der Waals surface area contributed by atoms with Crippen LogP contribution in [0.3, 0.4) is 0 Å². The molecule has 1 aromatic carbocycles. The first-order valence-corrected chi connectivity index (χ1v) is 8.23. The van der Waals surface area contributed by atoms with Crippen molar-refractivity contribution in [1.29, 1.82) is 0 Å². The number of aromatic nitrogens is 4. The van der Waals surface area contributed by atoms with Gasteiger partial charge in [0, 0.05) is 21.7 Å². The number of carbonyl (C=O) groups is 1. The molecule has 0 aliphatic heterocycles. The minimum atomic E-state index is -0.410. The molecule has 0 aliphatic rings. The number of hydrogen-bond acceptors (Lipinski definition) is 5. The van der Waals surface area contributed by atoms with Gasteiger partial charge in [-0.05, 0) is 41.6 Å². The molecule has 7 nitrogen and oxygen atoms in total.